The van der Waals surface area contributed by atoms with E-state index in [0.717, 1.165) is 11.4 Å². The zero-order valence-corrected chi connectivity index (χ0v) is 8.41. The van der Waals surface area contributed by atoms with Crippen molar-refractivity contribution in [1.29, 1.82) is 0 Å². The lowest BCUT2D eigenvalue weighted by Gasteiger charge is -2.01. The smallest absolute Gasteiger partial charge is 0.171 e. The van der Waals surface area contributed by atoms with E-state index in [0.29, 0.717) is 5.56 Å². The van der Waals surface area contributed by atoms with Gasteiger partial charge in [-0.25, -0.2) is 0 Å². The summed E-state index contributed by atoms with van der Waals surface area (Å²) in [6.45, 7) is 0. The predicted octanol–water partition coefficient (Wildman–Crippen LogP) is 1.24. The highest BCUT2D eigenvalue weighted by Crippen LogP contribution is 2.13. The largest absolute Gasteiger partial charge is 0.409 e. The Bertz CT molecular complexity index is 493. The number of hydrogen-bond donors (Lipinski definition) is 2. The van der Waals surface area contributed by atoms with Crippen LogP contribution in [0.4, 0.5) is 0 Å². The minimum Gasteiger partial charge on any atom is -0.409 e. The summed E-state index contributed by atoms with van der Waals surface area (Å²) in [4.78, 5) is 8.35. The maximum atomic E-state index is 8.50. The molecule has 0 bridgehead atoms. The molecule has 0 atom stereocenters. The SMILES string of the molecule is N/C(=N\O)c1ccc(-c2ccccn2)nc1. The molecule has 2 rings (SSSR count). The molecule has 0 spiro atoms. The predicted molar refractivity (Wildman–Crippen MR) is 60.0 cm³/mol. The van der Waals surface area contributed by atoms with Crippen molar-refractivity contribution in [1.82, 2.24) is 9.97 Å². The summed E-state index contributed by atoms with van der Waals surface area (Å²) in [6.07, 6.45) is 3.24. The Labute approximate surface area is 92.3 Å². The Morgan fingerprint density at radius 1 is 1.12 bits per heavy atom. The summed E-state index contributed by atoms with van der Waals surface area (Å²) in [5.41, 5.74) is 7.53. The van der Waals surface area contributed by atoms with Crippen molar-refractivity contribution in [3.8, 4) is 11.4 Å². The van der Waals surface area contributed by atoms with E-state index in [-0.39, 0.29) is 5.84 Å². The molecule has 80 valence electrons. The van der Waals surface area contributed by atoms with Crippen molar-refractivity contribution in [3.05, 3.63) is 48.3 Å². The fraction of sp³-hybridized carbons (Fsp3) is 0. The molecular weight excluding hydrogens is 204 g/mol. The Morgan fingerprint density at radius 3 is 2.50 bits per heavy atom. The summed E-state index contributed by atoms with van der Waals surface area (Å²) in [6, 6.07) is 9.10. The molecular formula is C11H10N4O. The van der Waals surface area contributed by atoms with Crippen molar-refractivity contribution in [2.45, 2.75) is 0 Å². The van der Waals surface area contributed by atoms with Crippen molar-refractivity contribution in [3.63, 3.8) is 0 Å². The van der Waals surface area contributed by atoms with Crippen molar-refractivity contribution in [2.24, 2.45) is 10.9 Å². The van der Waals surface area contributed by atoms with Gasteiger partial charge in [0.05, 0.1) is 11.4 Å². The molecule has 2 heterocycles. The van der Waals surface area contributed by atoms with Crippen LogP contribution in [-0.4, -0.2) is 21.0 Å². The lowest BCUT2D eigenvalue weighted by Crippen LogP contribution is -2.13. The van der Waals surface area contributed by atoms with Crippen LogP contribution in [0.1, 0.15) is 5.56 Å². The van der Waals surface area contributed by atoms with E-state index < -0.39 is 0 Å². The van der Waals surface area contributed by atoms with Gasteiger partial charge in [0.25, 0.3) is 0 Å². The molecule has 16 heavy (non-hydrogen) atoms. The second kappa shape index (κ2) is 4.39. The highest BCUT2D eigenvalue weighted by molar-refractivity contribution is 5.96. The highest BCUT2D eigenvalue weighted by Gasteiger charge is 2.02. The second-order valence-corrected chi connectivity index (χ2v) is 3.13. The molecule has 5 nitrogen and oxygen atoms in total. The van der Waals surface area contributed by atoms with Crippen LogP contribution in [0.15, 0.2) is 47.9 Å². The quantitative estimate of drug-likeness (QED) is 0.341. The standard InChI is InChI=1S/C11H10N4O/c12-11(15-16)8-4-5-10(14-7-8)9-3-1-2-6-13-9/h1-7,16H,(H2,12,15). The number of rotatable bonds is 2. The monoisotopic (exact) mass is 214 g/mol. The Kier molecular flexibility index (Phi) is 2.77. The van der Waals surface area contributed by atoms with Gasteiger partial charge < -0.3 is 10.9 Å². The third kappa shape index (κ3) is 1.98. The molecule has 5 heteroatoms. The number of aromatic nitrogens is 2. The summed E-state index contributed by atoms with van der Waals surface area (Å²) < 4.78 is 0. The molecule has 0 aliphatic rings. The van der Waals surface area contributed by atoms with Gasteiger partial charge in [0, 0.05) is 18.0 Å². The molecule has 3 N–H and O–H groups in total. The molecule has 0 aromatic carbocycles. The molecule has 2 aromatic rings. The Balaban J connectivity index is 2.34. The van der Waals surface area contributed by atoms with Gasteiger partial charge in [0.2, 0.25) is 0 Å². The van der Waals surface area contributed by atoms with Gasteiger partial charge in [0.15, 0.2) is 5.84 Å². The van der Waals surface area contributed by atoms with Crippen LogP contribution in [0.2, 0.25) is 0 Å². The molecule has 0 saturated heterocycles. The van der Waals surface area contributed by atoms with E-state index in [4.69, 9.17) is 10.9 Å². The van der Waals surface area contributed by atoms with E-state index >= 15 is 0 Å². The molecule has 0 radical (unpaired) electrons. The third-order valence-electron chi connectivity index (χ3n) is 2.09. The second-order valence-electron chi connectivity index (χ2n) is 3.13. The summed E-state index contributed by atoms with van der Waals surface area (Å²) in [5, 5.41) is 11.4. The van der Waals surface area contributed by atoms with Crippen LogP contribution >= 0.6 is 0 Å². The normalized spacial score (nSPS) is 11.4. The average Bonchev–Trinajstić information content (AvgIpc) is 2.39. The van der Waals surface area contributed by atoms with E-state index in [1.807, 2.05) is 18.2 Å². The lowest BCUT2D eigenvalue weighted by atomic mass is 10.2. The van der Waals surface area contributed by atoms with Gasteiger partial charge in [-0.2, -0.15) is 0 Å². The van der Waals surface area contributed by atoms with E-state index in [2.05, 4.69) is 15.1 Å². The molecule has 0 fully saturated rings. The first-order chi connectivity index (χ1) is 7.81. The van der Waals surface area contributed by atoms with Crippen molar-refractivity contribution in [2.75, 3.05) is 0 Å². The average molecular weight is 214 g/mol. The van der Waals surface area contributed by atoms with Crippen LogP contribution in [0, 0.1) is 0 Å². The van der Waals surface area contributed by atoms with Gasteiger partial charge >= 0.3 is 0 Å². The molecule has 0 aliphatic heterocycles. The van der Waals surface area contributed by atoms with Crippen molar-refractivity contribution >= 4 is 5.84 Å². The topological polar surface area (TPSA) is 84.4 Å². The van der Waals surface area contributed by atoms with Gasteiger partial charge in [-0.05, 0) is 24.3 Å². The van der Waals surface area contributed by atoms with Crippen LogP contribution in [0.5, 0.6) is 0 Å². The maximum absolute atomic E-state index is 8.50. The maximum Gasteiger partial charge on any atom is 0.171 e. The number of hydrogen-bond acceptors (Lipinski definition) is 4. The molecule has 0 amide bonds. The fourth-order valence-corrected chi connectivity index (χ4v) is 1.27. The third-order valence-corrected chi connectivity index (χ3v) is 2.09. The van der Waals surface area contributed by atoms with E-state index in [1.165, 1.54) is 0 Å². The van der Waals surface area contributed by atoms with Crippen LogP contribution in [-0.2, 0) is 0 Å². The lowest BCUT2D eigenvalue weighted by molar-refractivity contribution is 0.318. The fourth-order valence-electron chi connectivity index (χ4n) is 1.27. The van der Waals surface area contributed by atoms with Gasteiger partial charge in [-0.3, -0.25) is 9.97 Å². The zero-order valence-electron chi connectivity index (χ0n) is 8.41. The first-order valence-electron chi connectivity index (χ1n) is 4.66. The van der Waals surface area contributed by atoms with Crippen LogP contribution < -0.4 is 5.73 Å². The number of nitrogens with two attached hydrogens (primary N) is 1. The number of oxime groups is 1. The summed E-state index contributed by atoms with van der Waals surface area (Å²) in [5.74, 6) is 0.0417. The Hall–Kier alpha value is -2.43. The first-order valence-corrected chi connectivity index (χ1v) is 4.66. The van der Waals surface area contributed by atoms with Crippen LogP contribution in [0.3, 0.4) is 0 Å². The Morgan fingerprint density at radius 2 is 1.94 bits per heavy atom. The van der Waals surface area contributed by atoms with E-state index in [9.17, 15) is 0 Å². The molecule has 0 saturated carbocycles. The summed E-state index contributed by atoms with van der Waals surface area (Å²) >= 11 is 0. The van der Waals surface area contributed by atoms with Crippen LogP contribution in [0.25, 0.3) is 11.4 Å². The molecule has 2 aromatic heterocycles. The van der Waals surface area contributed by atoms with E-state index in [1.54, 1.807) is 24.5 Å². The summed E-state index contributed by atoms with van der Waals surface area (Å²) in [7, 11) is 0. The number of nitrogens with zero attached hydrogens (tertiary/aromatic N) is 3. The van der Waals surface area contributed by atoms with Crippen molar-refractivity contribution < 1.29 is 5.21 Å². The highest BCUT2D eigenvalue weighted by atomic mass is 16.4. The molecule has 0 aliphatic carbocycles. The molecule has 0 unspecified atom stereocenters. The number of amidine groups is 1. The minimum atomic E-state index is 0.0417. The zero-order chi connectivity index (χ0) is 11.4. The van der Waals surface area contributed by atoms with Gasteiger partial charge in [-0.15, -0.1) is 0 Å². The van der Waals surface area contributed by atoms with Gasteiger partial charge in [-0.1, -0.05) is 11.2 Å². The van der Waals surface area contributed by atoms with Gasteiger partial charge in [0.1, 0.15) is 0 Å². The number of pyridine rings is 2. The minimum absolute atomic E-state index is 0.0417. The first kappa shape index (κ1) is 10.1.